The van der Waals surface area contributed by atoms with Crippen LogP contribution in [0.3, 0.4) is 0 Å². The van der Waals surface area contributed by atoms with Gasteiger partial charge in [0.25, 0.3) is 15.9 Å². The highest BCUT2D eigenvalue weighted by Crippen LogP contribution is 2.32. The number of aryl methyl sites for hydroxylation is 3. The van der Waals surface area contributed by atoms with E-state index in [1.807, 2.05) is 6.92 Å². The second-order valence-corrected chi connectivity index (χ2v) is 10.3. The van der Waals surface area contributed by atoms with Gasteiger partial charge in [0.15, 0.2) is 0 Å². The molecular formula is C24H33ClN2O4S. The second-order valence-electron chi connectivity index (χ2n) is 8.31. The molecule has 0 bridgehead atoms. The van der Waals surface area contributed by atoms with Gasteiger partial charge in [0.1, 0.15) is 10.6 Å². The van der Waals surface area contributed by atoms with Crippen LogP contribution in [0, 0.1) is 26.7 Å². The molecule has 1 amide bonds. The SMILES string of the molecule is CCCCC(CC)CNC(=O)c1cc(C)cc(C)c1S(=O)(=O)Nc1cc(C)c(O)c(Cl)c1. The molecule has 0 heterocycles. The Morgan fingerprint density at radius 3 is 2.38 bits per heavy atom. The van der Waals surface area contributed by atoms with Gasteiger partial charge in [-0.25, -0.2) is 8.42 Å². The first-order valence-corrected chi connectivity index (χ1v) is 12.8. The van der Waals surface area contributed by atoms with Crippen LogP contribution in [0.4, 0.5) is 5.69 Å². The van der Waals surface area contributed by atoms with Crippen molar-refractivity contribution in [1.82, 2.24) is 5.32 Å². The van der Waals surface area contributed by atoms with Crippen LogP contribution < -0.4 is 10.0 Å². The third-order valence-electron chi connectivity index (χ3n) is 5.53. The predicted octanol–water partition coefficient (Wildman–Crippen LogP) is 5.72. The molecule has 176 valence electrons. The largest absolute Gasteiger partial charge is 0.506 e. The van der Waals surface area contributed by atoms with E-state index in [1.54, 1.807) is 26.0 Å². The minimum absolute atomic E-state index is 0.0407. The van der Waals surface area contributed by atoms with Crippen molar-refractivity contribution >= 4 is 33.2 Å². The molecule has 0 aliphatic rings. The van der Waals surface area contributed by atoms with Crippen LogP contribution in [0.1, 0.15) is 66.6 Å². The molecule has 8 heteroatoms. The Labute approximate surface area is 196 Å². The number of unbranched alkanes of at least 4 members (excludes halogenated alkanes) is 1. The maximum atomic E-state index is 13.3. The molecule has 3 N–H and O–H groups in total. The highest BCUT2D eigenvalue weighted by atomic mass is 35.5. The molecule has 2 rings (SSSR count). The molecule has 0 aliphatic heterocycles. The molecule has 2 aromatic rings. The summed E-state index contributed by atoms with van der Waals surface area (Å²) in [6, 6.07) is 6.15. The topological polar surface area (TPSA) is 95.5 Å². The summed E-state index contributed by atoms with van der Waals surface area (Å²) in [4.78, 5) is 13.0. The van der Waals surface area contributed by atoms with Gasteiger partial charge >= 0.3 is 0 Å². The third kappa shape index (κ3) is 6.39. The van der Waals surface area contributed by atoms with Gasteiger partial charge in [-0.05, 0) is 68.0 Å². The van der Waals surface area contributed by atoms with Crippen molar-refractivity contribution in [3.05, 3.63) is 51.5 Å². The van der Waals surface area contributed by atoms with Crippen LogP contribution >= 0.6 is 11.6 Å². The number of hydrogen-bond donors (Lipinski definition) is 3. The molecule has 6 nitrogen and oxygen atoms in total. The van der Waals surface area contributed by atoms with Crippen molar-refractivity contribution in [2.75, 3.05) is 11.3 Å². The maximum Gasteiger partial charge on any atom is 0.262 e. The number of halogens is 1. The number of phenolic OH excluding ortho intramolecular Hbond substituents is 1. The second kappa shape index (κ2) is 11.1. The van der Waals surface area contributed by atoms with E-state index < -0.39 is 15.9 Å². The van der Waals surface area contributed by atoms with Gasteiger partial charge in [-0.15, -0.1) is 0 Å². The lowest BCUT2D eigenvalue weighted by Gasteiger charge is -2.18. The van der Waals surface area contributed by atoms with Gasteiger partial charge in [-0.2, -0.15) is 0 Å². The number of amides is 1. The molecule has 0 spiro atoms. The number of rotatable bonds is 10. The van der Waals surface area contributed by atoms with E-state index in [1.165, 1.54) is 12.1 Å². The Balaban J connectivity index is 2.38. The smallest absolute Gasteiger partial charge is 0.262 e. The summed E-state index contributed by atoms with van der Waals surface area (Å²) in [5.74, 6) is -0.160. The monoisotopic (exact) mass is 480 g/mol. The number of hydrogen-bond acceptors (Lipinski definition) is 4. The zero-order chi connectivity index (χ0) is 24.1. The summed E-state index contributed by atoms with van der Waals surface area (Å²) in [6.45, 7) is 9.84. The first kappa shape index (κ1) is 26.0. The Morgan fingerprint density at radius 2 is 1.78 bits per heavy atom. The van der Waals surface area contributed by atoms with Gasteiger partial charge in [0, 0.05) is 6.54 Å². The van der Waals surface area contributed by atoms with Crippen molar-refractivity contribution in [1.29, 1.82) is 0 Å². The quantitative estimate of drug-likeness (QED) is 0.379. The lowest BCUT2D eigenvalue weighted by Crippen LogP contribution is -2.31. The normalized spacial score (nSPS) is 12.4. The summed E-state index contributed by atoms with van der Waals surface area (Å²) in [6.07, 6.45) is 4.15. The molecule has 0 aliphatic carbocycles. The van der Waals surface area contributed by atoms with Crippen molar-refractivity contribution in [2.45, 2.75) is 65.2 Å². The Morgan fingerprint density at radius 1 is 1.09 bits per heavy atom. The van der Waals surface area contributed by atoms with Gasteiger partial charge in [0.05, 0.1) is 16.3 Å². The minimum atomic E-state index is -4.09. The first-order valence-electron chi connectivity index (χ1n) is 10.9. The van der Waals surface area contributed by atoms with E-state index in [0.29, 0.717) is 23.6 Å². The van der Waals surface area contributed by atoms with Crippen LogP contribution in [0.15, 0.2) is 29.2 Å². The number of carbonyl (C=O) groups excluding carboxylic acids is 1. The van der Waals surface area contributed by atoms with Crippen molar-refractivity contribution in [3.8, 4) is 5.75 Å². The van der Waals surface area contributed by atoms with E-state index in [4.69, 9.17) is 11.6 Å². The molecule has 1 unspecified atom stereocenters. The molecular weight excluding hydrogens is 448 g/mol. The zero-order valence-corrected chi connectivity index (χ0v) is 21.0. The van der Waals surface area contributed by atoms with Gasteiger partial charge < -0.3 is 10.4 Å². The van der Waals surface area contributed by atoms with Gasteiger partial charge in [-0.3, -0.25) is 9.52 Å². The summed E-state index contributed by atoms with van der Waals surface area (Å²) < 4.78 is 29.1. The average molecular weight is 481 g/mol. The van der Waals surface area contributed by atoms with E-state index in [2.05, 4.69) is 23.9 Å². The number of sulfonamides is 1. The molecule has 0 saturated carbocycles. The molecule has 0 radical (unpaired) electrons. The Hall–Kier alpha value is -2.25. The van der Waals surface area contributed by atoms with E-state index in [0.717, 1.165) is 31.2 Å². The molecule has 0 saturated heterocycles. The number of nitrogens with one attached hydrogen (secondary N) is 2. The maximum absolute atomic E-state index is 13.3. The molecule has 32 heavy (non-hydrogen) atoms. The number of benzene rings is 2. The van der Waals surface area contributed by atoms with Gasteiger partial charge in [-0.1, -0.05) is 50.8 Å². The lowest BCUT2D eigenvalue weighted by molar-refractivity contribution is 0.0942. The Bertz CT molecular complexity index is 1060. The zero-order valence-electron chi connectivity index (χ0n) is 19.4. The van der Waals surface area contributed by atoms with Crippen LogP contribution in [-0.2, 0) is 10.0 Å². The fraction of sp³-hybridized carbons (Fsp3) is 0.458. The van der Waals surface area contributed by atoms with Crippen LogP contribution in [0.5, 0.6) is 5.75 Å². The summed E-state index contributed by atoms with van der Waals surface area (Å²) >= 11 is 6.00. The lowest BCUT2D eigenvalue weighted by atomic mass is 9.99. The molecule has 0 fully saturated rings. The standard InChI is InChI=1S/C24H33ClN2O4S/c1-6-8-9-18(7-2)14-26-24(29)20-11-15(3)10-17(5)23(20)32(30,31)27-19-12-16(4)22(28)21(25)13-19/h10-13,18,27-28H,6-9,14H2,1-5H3,(H,26,29). The van der Waals surface area contributed by atoms with Crippen LogP contribution in [0.25, 0.3) is 0 Å². The molecule has 1 atom stereocenters. The number of phenols is 1. The highest BCUT2D eigenvalue weighted by molar-refractivity contribution is 7.92. The fourth-order valence-electron chi connectivity index (χ4n) is 3.76. The predicted molar refractivity (Wildman–Crippen MR) is 130 cm³/mol. The summed E-state index contributed by atoms with van der Waals surface area (Å²) in [7, 11) is -4.09. The molecule has 2 aromatic carbocycles. The molecule has 0 aromatic heterocycles. The summed E-state index contributed by atoms with van der Waals surface area (Å²) in [5.41, 5.74) is 2.03. The average Bonchev–Trinajstić information content (AvgIpc) is 2.70. The van der Waals surface area contributed by atoms with Crippen LogP contribution in [-0.4, -0.2) is 26.0 Å². The van der Waals surface area contributed by atoms with Crippen molar-refractivity contribution in [2.24, 2.45) is 5.92 Å². The van der Waals surface area contributed by atoms with Crippen molar-refractivity contribution < 1.29 is 18.3 Å². The highest BCUT2D eigenvalue weighted by Gasteiger charge is 2.26. The first-order chi connectivity index (χ1) is 15.0. The summed E-state index contributed by atoms with van der Waals surface area (Å²) in [5, 5.41) is 12.8. The van der Waals surface area contributed by atoms with E-state index in [9.17, 15) is 18.3 Å². The van der Waals surface area contributed by atoms with Gasteiger partial charge in [0.2, 0.25) is 0 Å². The Kier molecular flexibility index (Phi) is 8.98. The fourth-order valence-corrected chi connectivity index (χ4v) is 5.48. The van der Waals surface area contributed by atoms with Crippen molar-refractivity contribution in [3.63, 3.8) is 0 Å². The van der Waals surface area contributed by atoms with E-state index >= 15 is 0 Å². The van der Waals surface area contributed by atoms with Crippen LogP contribution in [0.2, 0.25) is 5.02 Å². The van der Waals surface area contributed by atoms with E-state index in [-0.39, 0.29) is 26.9 Å². The third-order valence-corrected chi connectivity index (χ3v) is 7.40. The number of anilines is 1. The number of aromatic hydroxyl groups is 1. The number of carbonyl (C=O) groups is 1. The minimum Gasteiger partial charge on any atom is -0.506 e.